The summed E-state index contributed by atoms with van der Waals surface area (Å²) in [4.78, 5) is 26.3. The van der Waals surface area contributed by atoms with Gasteiger partial charge in [0.2, 0.25) is 0 Å². The quantitative estimate of drug-likeness (QED) is 0.605. The zero-order valence-electron chi connectivity index (χ0n) is 15.4. The SMILES string of the molecule is CCc1[nH]n(C2CCCC2)c2nc(Cn3cnc4ccccc43)nc(=O)c1-2. The molecule has 138 valence electrons. The van der Waals surface area contributed by atoms with Crippen molar-refractivity contribution in [2.45, 2.75) is 51.6 Å². The van der Waals surface area contributed by atoms with Gasteiger partial charge in [0.05, 0.1) is 29.9 Å². The monoisotopic (exact) mass is 362 g/mol. The van der Waals surface area contributed by atoms with Gasteiger partial charge in [0.25, 0.3) is 5.56 Å². The highest BCUT2D eigenvalue weighted by Gasteiger charge is 2.27. The molecule has 0 saturated heterocycles. The molecule has 0 radical (unpaired) electrons. The summed E-state index contributed by atoms with van der Waals surface area (Å²) in [6.07, 6.45) is 7.25. The van der Waals surface area contributed by atoms with Crippen LogP contribution in [0.4, 0.5) is 0 Å². The summed E-state index contributed by atoms with van der Waals surface area (Å²) in [7, 11) is 0. The molecule has 1 aromatic carbocycles. The topological polar surface area (TPSA) is 81.4 Å². The van der Waals surface area contributed by atoms with Crippen molar-refractivity contribution >= 4 is 11.0 Å². The number of aromatic nitrogens is 6. The maximum atomic E-state index is 12.8. The van der Waals surface area contributed by atoms with Crippen molar-refractivity contribution in [1.29, 1.82) is 0 Å². The van der Waals surface area contributed by atoms with E-state index in [1.807, 2.05) is 28.8 Å². The van der Waals surface area contributed by atoms with Crippen LogP contribution in [0.3, 0.4) is 0 Å². The van der Waals surface area contributed by atoms with Crippen molar-refractivity contribution < 1.29 is 0 Å². The highest BCUT2D eigenvalue weighted by Crippen LogP contribution is 2.33. The molecule has 0 spiro atoms. The highest BCUT2D eigenvalue weighted by atomic mass is 16.1. The van der Waals surface area contributed by atoms with Gasteiger partial charge in [-0.1, -0.05) is 31.9 Å². The van der Waals surface area contributed by atoms with Gasteiger partial charge in [0, 0.05) is 5.69 Å². The van der Waals surface area contributed by atoms with E-state index >= 15 is 0 Å². The fourth-order valence-corrected chi connectivity index (χ4v) is 4.21. The molecule has 2 aromatic rings. The molecule has 0 atom stereocenters. The molecule has 3 heterocycles. The van der Waals surface area contributed by atoms with Crippen LogP contribution in [0.5, 0.6) is 0 Å². The van der Waals surface area contributed by atoms with E-state index in [1.54, 1.807) is 6.33 Å². The minimum absolute atomic E-state index is 0.190. The summed E-state index contributed by atoms with van der Waals surface area (Å²) in [5, 5.41) is 3.43. The van der Waals surface area contributed by atoms with Gasteiger partial charge in [0.1, 0.15) is 5.56 Å². The average molecular weight is 362 g/mol. The minimum Gasteiger partial charge on any atom is -0.323 e. The first kappa shape index (κ1) is 16.2. The normalized spacial score (nSPS) is 15.3. The molecule has 0 unspecified atom stereocenters. The third kappa shape index (κ3) is 2.65. The van der Waals surface area contributed by atoms with Crippen molar-refractivity contribution in [1.82, 2.24) is 29.3 Å². The average Bonchev–Trinajstić information content (AvgIpc) is 3.40. The van der Waals surface area contributed by atoms with Crippen LogP contribution < -0.4 is 5.56 Å². The van der Waals surface area contributed by atoms with Crippen LogP contribution in [-0.4, -0.2) is 29.3 Å². The maximum Gasteiger partial charge on any atom is 0.284 e. The molecule has 0 bridgehead atoms. The Morgan fingerprint density at radius 3 is 2.81 bits per heavy atom. The summed E-state index contributed by atoms with van der Waals surface area (Å²) in [6.45, 7) is 2.48. The number of hydrogen-bond acceptors (Lipinski definition) is 4. The number of benzene rings is 1. The Bertz CT molecular complexity index is 1130. The van der Waals surface area contributed by atoms with Crippen LogP contribution >= 0.6 is 0 Å². The molecule has 1 N–H and O–H groups in total. The number of nitrogens with one attached hydrogen (secondary N) is 1. The molecule has 1 aliphatic carbocycles. The lowest BCUT2D eigenvalue weighted by Crippen LogP contribution is -2.19. The van der Waals surface area contributed by atoms with E-state index < -0.39 is 0 Å². The Morgan fingerprint density at radius 2 is 2.00 bits per heavy atom. The summed E-state index contributed by atoms with van der Waals surface area (Å²) in [6, 6.07) is 8.33. The highest BCUT2D eigenvalue weighted by molar-refractivity contribution is 5.75. The Labute approximate surface area is 156 Å². The summed E-state index contributed by atoms with van der Waals surface area (Å²) >= 11 is 0. The Hall–Kier alpha value is -2.96. The fourth-order valence-electron chi connectivity index (χ4n) is 4.21. The van der Waals surface area contributed by atoms with E-state index in [4.69, 9.17) is 4.98 Å². The summed E-state index contributed by atoms with van der Waals surface area (Å²) in [5.74, 6) is 1.28. The molecular formula is C20H22N6O. The van der Waals surface area contributed by atoms with E-state index in [0.29, 0.717) is 24.0 Å². The zero-order chi connectivity index (χ0) is 18.4. The molecule has 7 heteroatoms. The number of hydrogen-bond donors (Lipinski definition) is 1. The van der Waals surface area contributed by atoms with Crippen LogP contribution in [0.25, 0.3) is 22.4 Å². The molecule has 3 aliphatic rings. The molecule has 1 saturated carbocycles. The second-order valence-electron chi connectivity index (χ2n) is 7.26. The van der Waals surface area contributed by atoms with Gasteiger partial charge in [0.15, 0.2) is 11.6 Å². The molecule has 1 fully saturated rings. The van der Waals surface area contributed by atoms with Gasteiger partial charge < -0.3 is 4.57 Å². The van der Waals surface area contributed by atoms with Crippen molar-refractivity contribution in [3.8, 4) is 11.4 Å². The standard InChI is InChI=1S/C20H22N6O/c1-2-14-18-19(26(24-14)13-7-3-4-8-13)22-17(23-20(18)27)11-25-12-21-15-9-5-6-10-16(15)25/h5-6,9-10,12-13,24H,2-4,7-8,11H2,1H3. The van der Waals surface area contributed by atoms with Gasteiger partial charge >= 0.3 is 0 Å². The largest absolute Gasteiger partial charge is 0.323 e. The first-order chi connectivity index (χ1) is 13.2. The second-order valence-corrected chi connectivity index (χ2v) is 7.26. The predicted molar refractivity (Wildman–Crippen MR) is 103 cm³/mol. The number of aromatic amines is 1. The van der Waals surface area contributed by atoms with E-state index in [-0.39, 0.29) is 5.56 Å². The van der Waals surface area contributed by atoms with E-state index in [2.05, 4.69) is 26.7 Å². The van der Waals surface area contributed by atoms with Crippen molar-refractivity contribution in [2.75, 3.05) is 0 Å². The Kier molecular flexibility index (Phi) is 3.81. The lowest BCUT2D eigenvalue weighted by atomic mass is 10.2. The molecule has 0 amide bonds. The second kappa shape index (κ2) is 6.33. The van der Waals surface area contributed by atoms with Crippen molar-refractivity contribution in [2.24, 2.45) is 0 Å². The van der Waals surface area contributed by atoms with Gasteiger partial charge in [-0.2, -0.15) is 4.98 Å². The van der Waals surface area contributed by atoms with Gasteiger partial charge in [-0.3, -0.25) is 14.6 Å². The molecule has 27 heavy (non-hydrogen) atoms. The number of nitrogens with zero attached hydrogens (tertiary/aromatic N) is 5. The third-order valence-electron chi connectivity index (χ3n) is 5.57. The fraction of sp³-hybridized carbons (Fsp3) is 0.400. The Morgan fingerprint density at radius 1 is 1.19 bits per heavy atom. The van der Waals surface area contributed by atoms with Crippen molar-refractivity contribution in [3.63, 3.8) is 0 Å². The molecule has 5 rings (SSSR count). The number of imidazole rings is 1. The molecule has 1 aromatic heterocycles. The van der Waals surface area contributed by atoms with Crippen molar-refractivity contribution in [3.05, 3.63) is 52.5 Å². The van der Waals surface area contributed by atoms with Gasteiger partial charge in [-0.05, 0) is 31.4 Å². The first-order valence-electron chi connectivity index (χ1n) is 9.64. The smallest absolute Gasteiger partial charge is 0.284 e. The third-order valence-corrected chi connectivity index (χ3v) is 5.57. The molecule has 7 nitrogen and oxygen atoms in total. The van der Waals surface area contributed by atoms with Crippen LogP contribution in [0, 0.1) is 0 Å². The van der Waals surface area contributed by atoms with Crippen LogP contribution in [-0.2, 0) is 13.0 Å². The van der Waals surface area contributed by atoms with Gasteiger partial charge in [-0.25, -0.2) is 9.97 Å². The predicted octanol–water partition coefficient (Wildman–Crippen LogP) is 3.15. The van der Waals surface area contributed by atoms with E-state index in [1.165, 1.54) is 12.8 Å². The first-order valence-corrected chi connectivity index (χ1v) is 9.64. The van der Waals surface area contributed by atoms with Crippen LogP contribution in [0.2, 0.25) is 0 Å². The zero-order valence-corrected chi connectivity index (χ0v) is 15.4. The summed E-state index contributed by atoms with van der Waals surface area (Å²) in [5.41, 5.74) is 3.33. The summed E-state index contributed by atoms with van der Waals surface area (Å²) < 4.78 is 4.10. The minimum atomic E-state index is -0.190. The van der Waals surface area contributed by atoms with E-state index in [0.717, 1.165) is 41.8 Å². The lowest BCUT2D eigenvalue weighted by molar-refractivity contribution is 0.463. The number of para-hydroxylation sites is 2. The number of aryl methyl sites for hydroxylation is 1. The van der Waals surface area contributed by atoms with E-state index in [9.17, 15) is 4.79 Å². The number of H-pyrrole nitrogens is 1. The lowest BCUT2D eigenvalue weighted by Gasteiger charge is -2.14. The van der Waals surface area contributed by atoms with Crippen LogP contribution in [0.1, 0.15) is 50.2 Å². The maximum absolute atomic E-state index is 12.8. The number of fused-ring (bicyclic) bond motifs is 2. The number of rotatable bonds is 4. The Balaban J connectivity index is 1.61. The molecular weight excluding hydrogens is 340 g/mol. The molecule has 2 aliphatic heterocycles. The van der Waals surface area contributed by atoms with Crippen LogP contribution in [0.15, 0.2) is 35.4 Å². The van der Waals surface area contributed by atoms with Gasteiger partial charge in [-0.15, -0.1) is 0 Å².